The Morgan fingerprint density at radius 1 is 1.06 bits per heavy atom. The lowest BCUT2D eigenvalue weighted by Crippen LogP contribution is -2.59. The zero-order chi connectivity index (χ0) is 25.0. The molecule has 2 bridgehead atoms. The molecule has 0 unspecified atom stereocenters. The van der Waals surface area contributed by atoms with E-state index in [4.69, 9.17) is 4.74 Å². The summed E-state index contributed by atoms with van der Waals surface area (Å²) in [5, 5.41) is 12.6. The molecular weight excluding hydrogens is 444 g/mol. The number of carboxylic acids is 1. The molecule has 2 aliphatic heterocycles. The highest BCUT2D eigenvalue weighted by Gasteiger charge is 2.69. The van der Waals surface area contributed by atoms with Crippen LogP contribution in [0.25, 0.3) is 11.1 Å². The van der Waals surface area contributed by atoms with Gasteiger partial charge in [0.2, 0.25) is 5.91 Å². The normalized spacial score (nSPS) is 25.0. The standard InChI is InChI=1S/C28H32N2O5/c1-17(2)12-23(24(31)30-16-27(3)14-28(30,15-27)25(32)33)29-26(34)35-13-22-20-10-6-4-8-18(20)19-9-5-7-11-21(19)22/h4-11,17,22-23H,12-16H2,1-3H3,(H,29,34)(H,32,33)/t23-,27?,28?/m0/s1. The third-order valence-electron chi connectivity index (χ3n) is 7.80. The minimum Gasteiger partial charge on any atom is -0.479 e. The van der Waals surface area contributed by atoms with Crippen molar-refractivity contribution in [3.05, 3.63) is 59.7 Å². The molecule has 2 aromatic rings. The van der Waals surface area contributed by atoms with Crippen LogP contribution in [0.5, 0.6) is 0 Å². The predicted octanol–water partition coefficient (Wildman–Crippen LogP) is 4.41. The van der Waals surface area contributed by atoms with E-state index < -0.39 is 23.6 Å². The molecule has 1 atom stereocenters. The molecule has 2 aliphatic carbocycles. The van der Waals surface area contributed by atoms with E-state index in [1.807, 2.05) is 45.0 Å². The molecule has 2 saturated heterocycles. The molecule has 0 radical (unpaired) electrons. The second-order valence-corrected chi connectivity index (χ2v) is 11.1. The van der Waals surface area contributed by atoms with Crippen molar-refractivity contribution >= 4 is 18.0 Å². The molecule has 3 fully saturated rings. The number of hydrogen-bond donors (Lipinski definition) is 2. The molecule has 6 rings (SSSR count). The lowest BCUT2D eigenvalue weighted by atomic mass is 9.63. The Hall–Kier alpha value is -3.35. The van der Waals surface area contributed by atoms with Gasteiger partial charge in [0.05, 0.1) is 0 Å². The van der Waals surface area contributed by atoms with Crippen LogP contribution in [0.3, 0.4) is 0 Å². The fraction of sp³-hybridized carbons (Fsp3) is 0.464. The highest BCUT2D eigenvalue weighted by molar-refractivity contribution is 5.93. The first-order valence-corrected chi connectivity index (χ1v) is 12.3. The van der Waals surface area contributed by atoms with Crippen molar-refractivity contribution in [3.63, 3.8) is 0 Å². The molecule has 4 aliphatic rings. The maximum absolute atomic E-state index is 13.5. The molecule has 35 heavy (non-hydrogen) atoms. The number of hydrogen-bond acceptors (Lipinski definition) is 4. The number of carbonyl (C=O) groups is 3. The van der Waals surface area contributed by atoms with Crippen LogP contribution >= 0.6 is 0 Å². The summed E-state index contributed by atoms with van der Waals surface area (Å²) >= 11 is 0. The number of ether oxygens (including phenoxy) is 1. The number of fused-ring (bicyclic) bond motifs is 4. The molecule has 7 heteroatoms. The molecular formula is C28H32N2O5. The lowest BCUT2D eigenvalue weighted by Gasteiger charge is -2.43. The third kappa shape index (κ3) is 3.87. The molecule has 7 nitrogen and oxygen atoms in total. The van der Waals surface area contributed by atoms with E-state index in [-0.39, 0.29) is 29.8 Å². The fourth-order valence-electron chi connectivity index (χ4n) is 6.41. The van der Waals surface area contributed by atoms with Crippen molar-refractivity contribution in [1.29, 1.82) is 0 Å². The number of rotatable bonds is 7. The van der Waals surface area contributed by atoms with E-state index in [0.717, 1.165) is 22.3 Å². The molecule has 2 aromatic carbocycles. The Morgan fingerprint density at radius 3 is 2.17 bits per heavy atom. The van der Waals surface area contributed by atoms with Crippen molar-refractivity contribution in [1.82, 2.24) is 10.2 Å². The summed E-state index contributed by atoms with van der Waals surface area (Å²) in [5.41, 5.74) is 3.20. The van der Waals surface area contributed by atoms with E-state index in [2.05, 4.69) is 29.6 Å². The summed E-state index contributed by atoms with van der Waals surface area (Å²) in [6, 6.07) is 15.4. The molecule has 2 heterocycles. The predicted molar refractivity (Wildman–Crippen MR) is 131 cm³/mol. The van der Waals surface area contributed by atoms with Crippen molar-refractivity contribution in [3.8, 4) is 11.1 Å². The summed E-state index contributed by atoms with van der Waals surface area (Å²) in [7, 11) is 0. The molecule has 184 valence electrons. The largest absolute Gasteiger partial charge is 0.479 e. The van der Waals surface area contributed by atoms with E-state index in [9.17, 15) is 19.5 Å². The van der Waals surface area contributed by atoms with Crippen LogP contribution in [0, 0.1) is 11.3 Å². The smallest absolute Gasteiger partial charge is 0.407 e. The van der Waals surface area contributed by atoms with Crippen molar-refractivity contribution in [2.75, 3.05) is 13.2 Å². The number of carbonyl (C=O) groups excluding carboxylic acids is 2. The third-order valence-corrected chi connectivity index (χ3v) is 7.80. The second-order valence-electron chi connectivity index (χ2n) is 11.1. The van der Waals surface area contributed by atoms with Crippen molar-refractivity contribution in [2.24, 2.45) is 11.3 Å². The number of amides is 2. The summed E-state index contributed by atoms with van der Waals surface area (Å²) in [4.78, 5) is 39.9. The number of nitrogens with zero attached hydrogens (tertiary/aromatic N) is 1. The van der Waals surface area contributed by atoms with Gasteiger partial charge >= 0.3 is 12.1 Å². The van der Waals surface area contributed by atoms with Gasteiger partial charge in [-0.15, -0.1) is 0 Å². The van der Waals surface area contributed by atoms with E-state index in [0.29, 0.717) is 25.8 Å². The van der Waals surface area contributed by atoms with Gasteiger partial charge in [0.15, 0.2) is 0 Å². The van der Waals surface area contributed by atoms with Gasteiger partial charge in [-0.2, -0.15) is 0 Å². The van der Waals surface area contributed by atoms with E-state index in [1.165, 1.54) is 4.90 Å². The topological polar surface area (TPSA) is 95.9 Å². The minimum atomic E-state index is -1.15. The maximum Gasteiger partial charge on any atom is 0.407 e. The number of nitrogens with one attached hydrogen (secondary N) is 1. The summed E-state index contributed by atoms with van der Waals surface area (Å²) in [6.45, 7) is 6.51. The minimum absolute atomic E-state index is 0.0755. The van der Waals surface area contributed by atoms with Gasteiger partial charge in [-0.05, 0) is 52.8 Å². The van der Waals surface area contributed by atoms with Crippen LogP contribution in [0.15, 0.2) is 48.5 Å². The van der Waals surface area contributed by atoms with Gasteiger partial charge in [0, 0.05) is 12.5 Å². The second kappa shape index (κ2) is 8.40. The Labute approximate surface area is 205 Å². The van der Waals surface area contributed by atoms with Crippen LogP contribution in [-0.2, 0) is 14.3 Å². The van der Waals surface area contributed by atoms with Gasteiger partial charge < -0.3 is 20.1 Å². The number of alkyl carbamates (subject to hydrolysis) is 1. The maximum atomic E-state index is 13.5. The van der Waals surface area contributed by atoms with Crippen molar-refractivity contribution in [2.45, 2.75) is 57.5 Å². The number of benzene rings is 2. The molecule has 1 saturated carbocycles. The van der Waals surface area contributed by atoms with Gasteiger partial charge in [-0.3, -0.25) is 4.79 Å². The molecule has 0 spiro atoms. The zero-order valence-corrected chi connectivity index (χ0v) is 20.4. The fourth-order valence-corrected chi connectivity index (χ4v) is 6.41. The number of carboxylic acid groups (broad SMARTS) is 1. The van der Waals surface area contributed by atoms with Gasteiger partial charge in [-0.1, -0.05) is 69.3 Å². The first kappa shape index (κ1) is 23.4. The van der Waals surface area contributed by atoms with Crippen LogP contribution < -0.4 is 5.32 Å². The molecule has 2 N–H and O–H groups in total. The van der Waals surface area contributed by atoms with Crippen LogP contribution in [0.1, 0.15) is 57.1 Å². The van der Waals surface area contributed by atoms with Gasteiger partial charge in [0.25, 0.3) is 0 Å². The summed E-state index contributed by atoms with van der Waals surface area (Å²) in [5.74, 6) is -1.25. The Bertz CT molecular complexity index is 1140. The summed E-state index contributed by atoms with van der Waals surface area (Å²) in [6.07, 6.45) is 0.667. The highest BCUT2D eigenvalue weighted by Crippen LogP contribution is 2.59. The lowest BCUT2D eigenvalue weighted by molar-refractivity contribution is -0.160. The molecule has 0 aromatic heterocycles. The quantitative estimate of drug-likeness (QED) is 0.617. The monoisotopic (exact) mass is 476 g/mol. The van der Waals surface area contributed by atoms with Gasteiger partial charge in [-0.25, -0.2) is 9.59 Å². The Kier molecular flexibility index (Phi) is 5.61. The van der Waals surface area contributed by atoms with Crippen molar-refractivity contribution < 1.29 is 24.2 Å². The van der Waals surface area contributed by atoms with E-state index >= 15 is 0 Å². The van der Waals surface area contributed by atoms with Crippen LogP contribution in [-0.4, -0.2) is 52.7 Å². The van der Waals surface area contributed by atoms with Crippen LogP contribution in [0.4, 0.5) is 4.79 Å². The van der Waals surface area contributed by atoms with Crippen LogP contribution in [0.2, 0.25) is 0 Å². The zero-order valence-electron chi connectivity index (χ0n) is 20.4. The average molecular weight is 477 g/mol. The molecule has 2 amide bonds. The average Bonchev–Trinajstić information content (AvgIpc) is 3.40. The SMILES string of the molecule is CC(C)C[C@H](NC(=O)OCC1c2ccccc2-c2ccccc21)C(=O)N1CC2(C)CC1(C(=O)O)C2. The van der Waals surface area contributed by atoms with E-state index in [1.54, 1.807) is 0 Å². The first-order chi connectivity index (χ1) is 16.6. The Balaban J connectivity index is 1.29. The van der Waals surface area contributed by atoms with Gasteiger partial charge in [0.1, 0.15) is 18.2 Å². The number of aliphatic carboxylic acids is 1. The first-order valence-electron chi connectivity index (χ1n) is 12.3. The highest BCUT2D eigenvalue weighted by atomic mass is 16.5. The Morgan fingerprint density at radius 2 is 1.63 bits per heavy atom. The summed E-state index contributed by atoms with van der Waals surface area (Å²) < 4.78 is 5.66.